The normalized spacial score (nSPS) is 40.0. The fourth-order valence-corrected chi connectivity index (χ4v) is 5.44. The lowest BCUT2D eigenvalue weighted by Crippen LogP contribution is -2.41. The Balaban J connectivity index is 2.04. The highest BCUT2D eigenvalue weighted by molar-refractivity contribution is 5.87. The molecule has 2 heterocycles. The average molecular weight is 565 g/mol. The summed E-state index contributed by atoms with van der Waals surface area (Å²) in [5.41, 5.74) is 2.56. The molecule has 0 aromatic rings. The second kappa shape index (κ2) is 16.6. The van der Waals surface area contributed by atoms with Crippen LogP contribution in [0.15, 0.2) is 35.5 Å². The number of aliphatic hydroxyl groups is 4. The van der Waals surface area contributed by atoms with Gasteiger partial charge >= 0.3 is 5.97 Å². The van der Waals surface area contributed by atoms with Crippen LogP contribution in [0.4, 0.5) is 0 Å². The van der Waals surface area contributed by atoms with Gasteiger partial charge < -0.3 is 29.9 Å². The topological polar surface area (TPSA) is 137 Å². The van der Waals surface area contributed by atoms with E-state index in [1.54, 1.807) is 13.8 Å². The second-order valence-corrected chi connectivity index (χ2v) is 12.3. The van der Waals surface area contributed by atoms with E-state index in [9.17, 15) is 30.0 Å². The standard InChI is InChI=1S/C32H52O8/c1-19-12-20(2)14-29-28(40-29)11-9-7-8-10-21(3)32(38)39-18-26(34)16-24(6)30(36)31(37)27(35)17-25(33)15-23(5)22(4)13-19/h10,13,20,23-26,28-31,33-34,36-37H,1,7-9,11-12,14-18H2,2-6H3/b21-10+,22-13-/t20-,23+,24-,25+,26-,28+,29+,30+,31+/m1/s1. The van der Waals surface area contributed by atoms with E-state index in [1.165, 1.54) is 0 Å². The summed E-state index contributed by atoms with van der Waals surface area (Å²) in [5, 5.41) is 41.8. The molecule has 0 spiro atoms. The number of esters is 1. The van der Waals surface area contributed by atoms with Crippen molar-refractivity contribution < 1.29 is 39.5 Å². The quantitative estimate of drug-likeness (QED) is 0.254. The summed E-state index contributed by atoms with van der Waals surface area (Å²) >= 11 is 0. The number of epoxide rings is 1. The Labute approximate surface area is 240 Å². The number of carbonyl (C=O) groups excluding carboxylic acids is 2. The molecule has 4 N–H and O–H groups in total. The zero-order valence-electron chi connectivity index (χ0n) is 25.1. The van der Waals surface area contributed by atoms with Crippen molar-refractivity contribution >= 4 is 11.8 Å². The molecular weight excluding hydrogens is 512 g/mol. The number of aliphatic hydroxyl groups excluding tert-OH is 4. The number of Topliss-reactive ketones (excluding diaryl/α,β-unsaturated/α-hetero) is 1. The number of hydrogen-bond donors (Lipinski definition) is 4. The number of ketones is 1. The molecular formula is C32H52O8. The molecule has 0 amide bonds. The maximum absolute atomic E-state index is 12.6. The van der Waals surface area contributed by atoms with Crippen LogP contribution in [0.5, 0.6) is 0 Å². The average Bonchev–Trinajstić information content (AvgIpc) is 3.61. The van der Waals surface area contributed by atoms with E-state index >= 15 is 0 Å². The molecule has 2 aliphatic heterocycles. The Morgan fingerprint density at radius 3 is 2.30 bits per heavy atom. The van der Waals surface area contributed by atoms with Crippen molar-refractivity contribution in [1.82, 2.24) is 0 Å². The van der Waals surface area contributed by atoms with Crippen LogP contribution in [-0.4, -0.2) is 75.4 Å². The number of hydrogen-bond acceptors (Lipinski definition) is 8. The molecule has 2 rings (SSSR count). The molecule has 8 nitrogen and oxygen atoms in total. The maximum atomic E-state index is 12.6. The van der Waals surface area contributed by atoms with Crippen LogP contribution in [0.1, 0.15) is 92.4 Å². The highest BCUT2D eigenvalue weighted by atomic mass is 16.6. The summed E-state index contributed by atoms with van der Waals surface area (Å²) in [7, 11) is 0. The summed E-state index contributed by atoms with van der Waals surface area (Å²) in [5.74, 6) is -1.37. The van der Waals surface area contributed by atoms with Gasteiger partial charge in [0.1, 0.15) is 12.7 Å². The van der Waals surface area contributed by atoms with Gasteiger partial charge in [0.2, 0.25) is 0 Å². The number of carbonyl (C=O) groups is 2. The van der Waals surface area contributed by atoms with Gasteiger partial charge in [-0.15, -0.1) is 0 Å². The van der Waals surface area contributed by atoms with Crippen molar-refractivity contribution in [3.05, 3.63) is 35.5 Å². The lowest BCUT2D eigenvalue weighted by Gasteiger charge is -2.26. The molecule has 228 valence electrons. The lowest BCUT2D eigenvalue weighted by molar-refractivity contribution is -0.143. The molecule has 0 aromatic heterocycles. The maximum Gasteiger partial charge on any atom is 0.333 e. The van der Waals surface area contributed by atoms with Gasteiger partial charge in [0.15, 0.2) is 5.78 Å². The van der Waals surface area contributed by atoms with Crippen molar-refractivity contribution in [2.75, 3.05) is 6.61 Å². The minimum absolute atomic E-state index is 0.00520. The SMILES string of the molecule is C=C1/C=C(/C)[C@@H](C)C[C@H](O)CC(=O)[C@H](O)[C@@H](O)[C@H](C)C[C@@H](O)COC(=O)/C(C)=C/CCCC[C@@H]2O[C@H]2C[C@H](C)C1. The van der Waals surface area contributed by atoms with E-state index < -0.39 is 42.1 Å². The number of allylic oxidation sites excluding steroid dienone is 4. The van der Waals surface area contributed by atoms with Gasteiger partial charge in [0.25, 0.3) is 0 Å². The molecule has 1 saturated heterocycles. The van der Waals surface area contributed by atoms with Crippen molar-refractivity contribution in [2.45, 2.75) is 129 Å². The van der Waals surface area contributed by atoms with Crippen molar-refractivity contribution in [1.29, 1.82) is 0 Å². The smallest absolute Gasteiger partial charge is 0.333 e. The largest absolute Gasteiger partial charge is 0.460 e. The van der Waals surface area contributed by atoms with Crippen LogP contribution >= 0.6 is 0 Å². The van der Waals surface area contributed by atoms with Gasteiger partial charge in [-0.25, -0.2) is 4.79 Å². The van der Waals surface area contributed by atoms with Gasteiger partial charge in [-0.2, -0.15) is 0 Å². The predicted molar refractivity (Wildman–Crippen MR) is 154 cm³/mol. The first-order valence-electron chi connectivity index (χ1n) is 14.9. The minimum Gasteiger partial charge on any atom is -0.460 e. The molecule has 9 atom stereocenters. The van der Waals surface area contributed by atoms with Crippen LogP contribution in [0.3, 0.4) is 0 Å². The van der Waals surface area contributed by atoms with E-state index in [0.29, 0.717) is 24.0 Å². The van der Waals surface area contributed by atoms with E-state index in [4.69, 9.17) is 9.47 Å². The van der Waals surface area contributed by atoms with Crippen LogP contribution < -0.4 is 0 Å². The van der Waals surface area contributed by atoms with Crippen LogP contribution in [-0.2, 0) is 19.1 Å². The van der Waals surface area contributed by atoms with Crippen LogP contribution in [0.25, 0.3) is 0 Å². The number of rotatable bonds is 0. The molecule has 1 fully saturated rings. The zero-order valence-corrected chi connectivity index (χ0v) is 25.1. The summed E-state index contributed by atoms with van der Waals surface area (Å²) in [6, 6.07) is 0. The summed E-state index contributed by atoms with van der Waals surface area (Å²) in [6.07, 6.45) is 5.00. The molecule has 2 aliphatic rings. The number of cyclic esters (lactones) is 1. The van der Waals surface area contributed by atoms with E-state index in [2.05, 4.69) is 19.6 Å². The van der Waals surface area contributed by atoms with Gasteiger partial charge in [-0.3, -0.25) is 4.79 Å². The monoisotopic (exact) mass is 564 g/mol. The first-order valence-corrected chi connectivity index (χ1v) is 14.9. The third kappa shape index (κ3) is 12.0. The predicted octanol–water partition coefficient (Wildman–Crippen LogP) is 4.19. The molecule has 8 heteroatoms. The first kappa shape index (κ1) is 34.4. The highest BCUT2D eigenvalue weighted by Crippen LogP contribution is 2.34. The Kier molecular flexibility index (Phi) is 14.2. The van der Waals surface area contributed by atoms with Gasteiger partial charge in [0.05, 0.1) is 30.5 Å². The fourth-order valence-electron chi connectivity index (χ4n) is 5.44. The summed E-state index contributed by atoms with van der Waals surface area (Å²) < 4.78 is 11.1. The Bertz CT molecular complexity index is 909. The van der Waals surface area contributed by atoms with E-state index in [-0.39, 0.29) is 31.5 Å². The van der Waals surface area contributed by atoms with Crippen molar-refractivity contribution in [3.8, 4) is 0 Å². The van der Waals surface area contributed by atoms with Gasteiger partial charge in [-0.05, 0) is 76.5 Å². The molecule has 0 bridgehead atoms. The molecule has 0 saturated carbocycles. The minimum atomic E-state index is -1.68. The lowest BCUT2D eigenvalue weighted by atomic mass is 9.88. The fraction of sp³-hybridized carbons (Fsp3) is 0.750. The van der Waals surface area contributed by atoms with E-state index in [0.717, 1.165) is 49.7 Å². The molecule has 0 unspecified atom stereocenters. The first-order chi connectivity index (χ1) is 18.8. The zero-order chi connectivity index (χ0) is 30.0. The molecule has 0 aliphatic carbocycles. The van der Waals surface area contributed by atoms with Gasteiger partial charge in [0, 0.05) is 12.0 Å². The van der Waals surface area contributed by atoms with Crippen molar-refractivity contribution in [3.63, 3.8) is 0 Å². The molecule has 0 radical (unpaired) electrons. The molecule has 40 heavy (non-hydrogen) atoms. The Hall–Kier alpha value is -1.84. The third-order valence-corrected chi connectivity index (χ3v) is 8.21. The molecule has 0 aromatic carbocycles. The van der Waals surface area contributed by atoms with Crippen molar-refractivity contribution in [2.24, 2.45) is 17.8 Å². The number of ether oxygens (including phenoxy) is 2. The second-order valence-electron chi connectivity index (χ2n) is 12.3. The van der Waals surface area contributed by atoms with E-state index in [1.807, 2.05) is 19.9 Å². The van der Waals surface area contributed by atoms with Crippen LogP contribution in [0, 0.1) is 17.8 Å². The third-order valence-electron chi connectivity index (χ3n) is 8.21. The summed E-state index contributed by atoms with van der Waals surface area (Å²) in [6.45, 7) is 13.4. The highest BCUT2D eigenvalue weighted by Gasteiger charge is 2.38. The van der Waals surface area contributed by atoms with Crippen LogP contribution in [0.2, 0.25) is 0 Å². The van der Waals surface area contributed by atoms with Gasteiger partial charge in [-0.1, -0.05) is 57.1 Å². The Morgan fingerprint density at radius 2 is 1.60 bits per heavy atom. The Morgan fingerprint density at radius 1 is 0.900 bits per heavy atom. The number of fused-ring (bicyclic) bond motifs is 1. The summed E-state index contributed by atoms with van der Waals surface area (Å²) in [4.78, 5) is 24.9.